The summed E-state index contributed by atoms with van der Waals surface area (Å²) in [6.45, 7) is 1.89. The summed E-state index contributed by atoms with van der Waals surface area (Å²) >= 11 is 2.61. The minimum Gasteiger partial charge on any atom is -0.331 e. The number of hydrogen-bond acceptors (Lipinski definition) is 7. The number of nitrogens with zero attached hydrogens (tertiary/aromatic N) is 1. The van der Waals surface area contributed by atoms with Crippen molar-refractivity contribution in [3.05, 3.63) is 57.2 Å². The average molecular weight is 379 g/mol. The van der Waals surface area contributed by atoms with Crippen molar-refractivity contribution in [1.82, 2.24) is 4.98 Å². The lowest BCUT2D eigenvalue weighted by Crippen LogP contribution is -2.12. The molecule has 0 saturated carbocycles. The van der Waals surface area contributed by atoms with E-state index in [1.54, 1.807) is 12.1 Å². The molecule has 1 aromatic carbocycles. The summed E-state index contributed by atoms with van der Waals surface area (Å²) in [5.41, 5.74) is 1.47. The van der Waals surface area contributed by atoms with Crippen molar-refractivity contribution in [1.29, 1.82) is 0 Å². The lowest BCUT2D eigenvalue weighted by molar-refractivity contribution is 0.104. The molecule has 0 radical (unpaired) electrons. The highest BCUT2D eigenvalue weighted by molar-refractivity contribution is 7.89. The fourth-order valence-corrected chi connectivity index (χ4v) is 4.31. The number of aryl methyl sites for hydroxylation is 1. The average Bonchev–Trinajstić information content (AvgIpc) is 3.15. The van der Waals surface area contributed by atoms with Gasteiger partial charge in [-0.15, -0.1) is 11.3 Å². The molecule has 124 valence electrons. The number of rotatable bonds is 5. The van der Waals surface area contributed by atoms with Gasteiger partial charge in [0.15, 0.2) is 5.13 Å². The Morgan fingerprint density at radius 3 is 2.75 bits per heavy atom. The number of ketones is 1. The van der Waals surface area contributed by atoms with Gasteiger partial charge in [-0.3, -0.25) is 4.79 Å². The molecule has 0 unspecified atom stereocenters. The predicted octanol–water partition coefficient (Wildman–Crippen LogP) is 3.14. The van der Waals surface area contributed by atoms with Crippen molar-refractivity contribution in [2.24, 2.45) is 5.14 Å². The number of carbonyl (C=O) groups excluding carboxylic acids is 1. The normalized spacial score (nSPS) is 11.4. The van der Waals surface area contributed by atoms with Crippen LogP contribution >= 0.6 is 22.7 Å². The summed E-state index contributed by atoms with van der Waals surface area (Å²) in [4.78, 5) is 17.8. The molecule has 0 aliphatic heterocycles. The number of thiazole rings is 1. The van der Waals surface area contributed by atoms with Crippen molar-refractivity contribution in [3.8, 4) is 0 Å². The van der Waals surface area contributed by atoms with Gasteiger partial charge in [0.05, 0.1) is 20.8 Å². The van der Waals surface area contributed by atoms with Gasteiger partial charge >= 0.3 is 0 Å². The molecule has 0 spiro atoms. The molecular weight excluding hydrogens is 366 g/mol. The third-order valence-electron chi connectivity index (χ3n) is 3.21. The number of hydrogen-bond donors (Lipinski definition) is 2. The number of nitrogens with one attached hydrogen (secondary N) is 1. The highest BCUT2D eigenvalue weighted by Crippen LogP contribution is 2.27. The first kappa shape index (κ1) is 16.8. The zero-order valence-corrected chi connectivity index (χ0v) is 15.0. The Balaban J connectivity index is 1.82. The van der Waals surface area contributed by atoms with Crippen LogP contribution in [-0.4, -0.2) is 19.2 Å². The van der Waals surface area contributed by atoms with Gasteiger partial charge in [0.2, 0.25) is 15.8 Å². The molecule has 6 nitrogen and oxygen atoms in total. The minimum atomic E-state index is -3.77. The van der Waals surface area contributed by atoms with Gasteiger partial charge in [0.1, 0.15) is 0 Å². The molecule has 24 heavy (non-hydrogen) atoms. The van der Waals surface area contributed by atoms with E-state index in [2.05, 4.69) is 10.3 Å². The Hall–Kier alpha value is -2.07. The molecule has 2 heterocycles. The van der Waals surface area contributed by atoms with E-state index in [9.17, 15) is 13.2 Å². The number of primary sulfonamides is 1. The lowest BCUT2D eigenvalue weighted by atomic mass is 10.2. The number of anilines is 2. The zero-order valence-electron chi connectivity index (χ0n) is 12.5. The molecule has 3 rings (SSSR count). The van der Waals surface area contributed by atoms with E-state index in [4.69, 9.17) is 5.14 Å². The second-order valence-electron chi connectivity index (χ2n) is 4.99. The first-order valence-electron chi connectivity index (χ1n) is 6.79. The highest BCUT2D eigenvalue weighted by atomic mass is 32.2. The van der Waals surface area contributed by atoms with Gasteiger partial charge in [-0.1, -0.05) is 17.4 Å². The largest absolute Gasteiger partial charge is 0.331 e. The predicted molar refractivity (Wildman–Crippen MR) is 95.7 cm³/mol. The maximum atomic E-state index is 12.4. The van der Waals surface area contributed by atoms with Gasteiger partial charge in [0.25, 0.3) is 0 Å². The second-order valence-corrected chi connectivity index (χ2v) is 8.50. The highest BCUT2D eigenvalue weighted by Gasteiger charge is 2.16. The first-order valence-corrected chi connectivity index (χ1v) is 10.0. The third-order valence-corrected chi connectivity index (χ3v) is 6.05. The summed E-state index contributed by atoms with van der Waals surface area (Å²) in [7, 11) is -3.77. The third kappa shape index (κ3) is 3.54. The summed E-state index contributed by atoms with van der Waals surface area (Å²) in [5.74, 6) is -0.0636. The van der Waals surface area contributed by atoms with Crippen molar-refractivity contribution in [3.63, 3.8) is 0 Å². The number of nitrogens with two attached hydrogens (primary N) is 1. The van der Waals surface area contributed by atoms with E-state index in [0.29, 0.717) is 20.6 Å². The second kappa shape index (κ2) is 6.44. The van der Waals surface area contributed by atoms with E-state index in [0.717, 1.165) is 5.56 Å². The van der Waals surface area contributed by atoms with Gasteiger partial charge in [0, 0.05) is 5.69 Å². The maximum Gasteiger partial charge on any atom is 0.238 e. The number of sulfonamides is 1. The Labute approximate surface area is 147 Å². The van der Waals surface area contributed by atoms with Crippen molar-refractivity contribution in [2.45, 2.75) is 11.8 Å². The van der Waals surface area contributed by atoms with Crippen LogP contribution in [0, 0.1) is 6.92 Å². The fraction of sp³-hybridized carbons (Fsp3) is 0.0667. The molecule has 0 atom stereocenters. The minimum absolute atomic E-state index is 0.00886. The number of benzene rings is 1. The number of aromatic nitrogens is 1. The van der Waals surface area contributed by atoms with E-state index < -0.39 is 10.0 Å². The lowest BCUT2D eigenvalue weighted by Gasteiger charge is -2.04. The molecule has 2 aromatic heterocycles. The summed E-state index contributed by atoms with van der Waals surface area (Å²) in [6.07, 6.45) is 1.51. The van der Waals surface area contributed by atoms with Crippen LogP contribution < -0.4 is 10.5 Å². The van der Waals surface area contributed by atoms with Gasteiger partial charge in [-0.25, -0.2) is 18.5 Å². The Bertz CT molecular complexity index is 1010. The number of carbonyl (C=O) groups is 1. The molecule has 3 aromatic rings. The molecule has 0 aliphatic carbocycles. The van der Waals surface area contributed by atoms with E-state index in [1.165, 1.54) is 41.0 Å². The Morgan fingerprint density at radius 2 is 2.08 bits per heavy atom. The van der Waals surface area contributed by atoms with Crippen molar-refractivity contribution in [2.75, 3.05) is 5.32 Å². The topological polar surface area (TPSA) is 102 Å². The summed E-state index contributed by atoms with van der Waals surface area (Å²) in [6, 6.07) is 8.01. The van der Waals surface area contributed by atoms with Crippen LogP contribution in [0.4, 0.5) is 10.8 Å². The summed E-state index contributed by atoms with van der Waals surface area (Å²) < 4.78 is 22.8. The quantitative estimate of drug-likeness (QED) is 0.663. The van der Waals surface area contributed by atoms with Gasteiger partial charge in [-0.05, 0) is 42.1 Å². The van der Waals surface area contributed by atoms with E-state index in [1.807, 2.05) is 18.4 Å². The monoisotopic (exact) mass is 379 g/mol. The van der Waals surface area contributed by atoms with Crippen LogP contribution in [0.1, 0.15) is 20.1 Å². The molecule has 0 fully saturated rings. The molecular formula is C15H13N3O3S3. The van der Waals surface area contributed by atoms with Crippen LogP contribution in [0.15, 0.2) is 46.8 Å². The van der Waals surface area contributed by atoms with E-state index in [-0.39, 0.29) is 10.7 Å². The van der Waals surface area contributed by atoms with Crippen molar-refractivity contribution >= 4 is 49.3 Å². The van der Waals surface area contributed by atoms with Gasteiger partial charge in [-0.2, -0.15) is 0 Å². The molecule has 0 bridgehead atoms. The zero-order chi connectivity index (χ0) is 17.3. The summed E-state index contributed by atoms with van der Waals surface area (Å²) in [5, 5.41) is 10.5. The Kier molecular flexibility index (Phi) is 4.50. The molecule has 0 aliphatic rings. The van der Waals surface area contributed by atoms with Crippen LogP contribution in [0.3, 0.4) is 0 Å². The van der Waals surface area contributed by atoms with E-state index >= 15 is 0 Å². The van der Waals surface area contributed by atoms with Crippen LogP contribution in [0.2, 0.25) is 0 Å². The SMILES string of the molecule is Cc1ccsc1C(=O)c1cnc(Nc2cccc(S(N)(=O)=O)c2)s1. The smallest absolute Gasteiger partial charge is 0.238 e. The first-order chi connectivity index (χ1) is 11.3. The molecule has 0 saturated heterocycles. The molecule has 3 N–H and O–H groups in total. The maximum absolute atomic E-state index is 12.4. The molecule has 0 amide bonds. The van der Waals surface area contributed by atoms with Crippen LogP contribution in [0.25, 0.3) is 0 Å². The standard InChI is InChI=1S/C15H13N3O3S3/c1-9-5-6-22-14(9)13(19)12-8-17-15(23-12)18-10-3-2-4-11(7-10)24(16,20)21/h2-8H,1H3,(H,17,18)(H2,16,20,21). The van der Waals surface area contributed by atoms with Crippen LogP contribution in [-0.2, 0) is 10.0 Å². The van der Waals surface area contributed by atoms with Crippen LogP contribution in [0.5, 0.6) is 0 Å². The van der Waals surface area contributed by atoms with Gasteiger partial charge < -0.3 is 5.32 Å². The fourth-order valence-electron chi connectivity index (χ4n) is 2.03. The van der Waals surface area contributed by atoms with Crippen molar-refractivity contribution < 1.29 is 13.2 Å². The molecule has 9 heteroatoms. The Morgan fingerprint density at radius 1 is 1.29 bits per heavy atom. The number of thiophene rings is 1.